The van der Waals surface area contributed by atoms with Crippen molar-refractivity contribution in [1.82, 2.24) is 0 Å². The molecule has 0 amide bonds. The summed E-state index contributed by atoms with van der Waals surface area (Å²) in [6.45, 7) is 5.08. The molecule has 0 saturated heterocycles. The number of carbonyl (C=O) groups is 2. The van der Waals surface area contributed by atoms with E-state index in [0.29, 0.717) is 6.42 Å². The Hall–Kier alpha value is -1.88. The van der Waals surface area contributed by atoms with Gasteiger partial charge in [0.05, 0.1) is 5.92 Å². The minimum absolute atomic E-state index is 0.0700. The Morgan fingerprint density at radius 2 is 1.67 bits per heavy atom. The molecule has 0 aliphatic heterocycles. The first-order valence-electron chi connectivity index (χ1n) is 6.88. The summed E-state index contributed by atoms with van der Waals surface area (Å²) in [6.07, 6.45) is 0.490. The number of hydrogen-bond donors (Lipinski definition) is 3. The lowest BCUT2D eigenvalue weighted by atomic mass is 9.67. The lowest BCUT2D eigenvalue weighted by Crippen LogP contribution is -2.60. The van der Waals surface area contributed by atoms with Crippen molar-refractivity contribution in [3.05, 3.63) is 35.9 Å². The summed E-state index contributed by atoms with van der Waals surface area (Å²) in [5.41, 5.74) is 4.42. The molecular formula is C16H23NO4. The average Bonchev–Trinajstić information content (AvgIpc) is 2.35. The summed E-state index contributed by atoms with van der Waals surface area (Å²) in [6, 6.07) is 9.31. The van der Waals surface area contributed by atoms with Crippen LogP contribution in [-0.2, 0) is 16.0 Å². The lowest BCUT2D eigenvalue weighted by molar-refractivity contribution is -0.161. The molecular weight excluding hydrogens is 270 g/mol. The molecule has 21 heavy (non-hydrogen) atoms. The number of hydrogen-bond acceptors (Lipinski definition) is 3. The summed E-state index contributed by atoms with van der Waals surface area (Å²) in [4.78, 5) is 23.2. The van der Waals surface area contributed by atoms with Crippen molar-refractivity contribution in [2.75, 3.05) is 0 Å². The summed E-state index contributed by atoms with van der Waals surface area (Å²) < 4.78 is 0. The van der Waals surface area contributed by atoms with Crippen LogP contribution in [0.15, 0.2) is 30.3 Å². The Morgan fingerprint density at radius 1 is 1.14 bits per heavy atom. The second-order valence-electron chi connectivity index (χ2n) is 6.47. The number of aryl methyl sites for hydroxylation is 1. The standard InChI is InChI=1S/C16H23NO4/c1-15(2,3)12(13(18)19)16(17,14(20)21)10-9-11-7-5-4-6-8-11/h4-8,12H,9-10,17H2,1-3H3,(H,18,19)(H,20,21)/t12?,16-/m0/s1. The molecule has 0 radical (unpaired) electrons. The van der Waals surface area contributed by atoms with E-state index in [1.54, 1.807) is 20.8 Å². The third-order valence-electron chi connectivity index (χ3n) is 3.70. The van der Waals surface area contributed by atoms with Gasteiger partial charge in [0.15, 0.2) is 0 Å². The van der Waals surface area contributed by atoms with Gasteiger partial charge in [-0.1, -0.05) is 51.1 Å². The average molecular weight is 293 g/mol. The fourth-order valence-corrected chi connectivity index (χ4v) is 2.73. The lowest BCUT2D eigenvalue weighted by Gasteiger charge is -2.39. The van der Waals surface area contributed by atoms with Gasteiger partial charge >= 0.3 is 11.9 Å². The third-order valence-corrected chi connectivity index (χ3v) is 3.70. The van der Waals surface area contributed by atoms with Crippen LogP contribution in [0.4, 0.5) is 0 Å². The van der Waals surface area contributed by atoms with Crippen molar-refractivity contribution in [3.8, 4) is 0 Å². The molecule has 2 atom stereocenters. The molecule has 5 heteroatoms. The number of rotatable bonds is 6. The fourth-order valence-electron chi connectivity index (χ4n) is 2.73. The van der Waals surface area contributed by atoms with Gasteiger partial charge in [0.25, 0.3) is 0 Å². The molecule has 4 N–H and O–H groups in total. The summed E-state index contributed by atoms with van der Waals surface area (Å²) in [7, 11) is 0. The molecule has 1 unspecified atom stereocenters. The normalized spacial score (nSPS) is 16.0. The van der Waals surface area contributed by atoms with Crippen LogP contribution in [0.5, 0.6) is 0 Å². The molecule has 5 nitrogen and oxygen atoms in total. The van der Waals surface area contributed by atoms with Gasteiger partial charge < -0.3 is 15.9 Å². The molecule has 0 aliphatic carbocycles. The van der Waals surface area contributed by atoms with Crippen molar-refractivity contribution in [1.29, 1.82) is 0 Å². The van der Waals surface area contributed by atoms with Gasteiger partial charge in [0, 0.05) is 0 Å². The largest absolute Gasteiger partial charge is 0.481 e. The Morgan fingerprint density at radius 3 is 2.05 bits per heavy atom. The van der Waals surface area contributed by atoms with E-state index in [-0.39, 0.29) is 6.42 Å². The maximum absolute atomic E-state index is 11.6. The van der Waals surface area contributed by atoms with Gasteiger partial charge in [-0.15, -0.1) is 0 Å². The van der Waals surface area contributed by atoms with Crippen LogP contribution in [0.3, 0.4) is 0 Å². The number of nitrogens with two attached hydrogens (primary N) is 1. The monoisotopic (exact) mass is 293 g/mol. The molecule has 116 valence electrons. The SMILES string of the molecule is CC(C)(C)C(C(=O)O)[C@@](N)(CCc1ccccc1)C(=O)O. The molecule has 0 saturated carbocycles. The topological polar surface area (TPSA) is 101 Å². The second kappa shape index (κ2) is 6.26. The highest BCUT2D eigenvalue weighted by Crippen LogP contribution is 2.36. The second-order valence-corrected chi connectivity index (χ2v) is 6.47. The fraction of sp³-hybridized carbons (Fsp3) is 0.500. The maximum atomic E-state index is 11.6. The predicted octanol–water partition coefficient (Wildman–Crippen LogP) is 2.15. The van der Waals surface area contributed by atoms with E-state index >= 15 is 0 Å². The van der Waals surface area contributed by atoms with Crippen LogP contribution in [0.1, 0.15) is 32.8 Å². The highest BCUT2D eigenvalue weighted by Gasteiger charge is 2.51. The minimum atomic E-state index is -1.81. The van der Waals surface area contributed by atoms with Crippen LogP contribution in [0, 0.1) is 11.3 Å². The van der Waals surface area contributed by atoms with Crippen molar-refractivity contribution in [3.63, 3.8) is 0 Å². The van der Waals surface area contributed by atoms with Gasteiger partial charge in [0.2, 0.25) is 0 Å². The van der Waals surface area contributed by atoms with Crippen LogP contribution < -0.4 is 5.73 Å². The van der Waals surface area contributed by atoms with Crippen molar-refractivity contribution in [2.45, 2.75) is 39.2 Å². The molecule has 0 aromatic heterocycles. The summed E-state index contributed by atoms with van der Waals surface area (Å²) in [5, 5.41) is 19.0. The predicted molar refractivity (Wildman–Crippen MR) is 79.9 cm³/mol. The van der Waals surface area contributed by atoms with E-state index in [1.165, 1.54) is 0 Å². The first-order chi connectivity index (χ1) is 9.59. The van der Waals surface area contributed by atoms with Crippen molar-refractivity contribution >= 4 is 11.9 Å². The van der Waals surface area contributed by atoms with E-state index in [2.05, 4.69) is 0 Å². The number of carboxylic acids is 2. The zero-order valence-corrected chi connectivity index (χ0v) is 12.7. The molecule has 1 aromatic rings. The first kappa shape index (κ1) is 17.2. The highest BCUT2D eigenvalue weighted by molar-refractivity contribution is 5.87. The zero-order valence-electron chi connectivity index (χ0n) is 12.7. The van der Waals surface area contributed by atoms with E-state index < -0.39 is 28.8 Å². The van der Waals surface area contributed by atoms with Crippen LogP contribution in [0.2, 0.25) is 0 Å². The number of aliphatic carboxylic acids is 2. The molecule has 0 fully saturated rings. The quantitative estimate of drug-likeness (QED) is 0.746. The van der Waals surface area contributed by atoms with E-state index in [4.69, 9.17) is 5.73 Å². The number of carboxylic acid groups (broad SMARTS) is 2. The molecule has 0 bridgehead atoms. The van der Waals surface area contributed by atoms with Gasteiger partial charge in [-0.25, -0.2) is 0 Å². The summed E-state index contributed by atoms with van der Waals surface area (Å²) in [5.74, 6) is -3.63. The van der Waals surface area contributed by atoms with Gasteiger partial charge in [-0.3, -0.25) is 9.59 Å². The Kier molecular flexibility index (Phi) is 5.12. The highest BCUT2D eigenvalue weighted by atomic mass is 16.4. The van der Waals surface area contributed by atoms with Crippen molar-refractivity contribution in [2.24, 2.45) is 17.1 Å². The Balaban J connectivity index is 3.07. The van der Waals surface area contributed by atoms with Crippen LogP contribution in [-0.4, -0.2) is 27.7 Å². The molecule has 0 aliphatic rings. The van der Waals surface area contributed by atoms with Crippen molar-refractivity contribution < 1.29 is 19.8 Å². The molecule has 1 aromatic carbocycles. The first-order valence-corrected chi connectivity index (χ1v) is 6.88. The minimum Gasteiger partial charge on any atom is -0.481 e. The summed E-state index contributed by atoms with van der Waals surface area (Å²) >= 11 is 0. The molecule has 1 rings (SSSR count). The third kappa shape index (κ3) is 4.04. The molecule has 0 spiro atoms. The van der Waals surface area contributed by atoms with Gasteiger partial charge in [-0.2, -0.15) is 0 Å². The van der Waals surface area contributed by atoms with E-state index in [0.717, 1.165) is 5.56 Å². The van der Waals surface area contributed by atoms with Crippen LogP contribution >= 0.6 is 0 Å². The van der Waals surface area contributed by atoms with Crippen LogP contribution in [0.25, 0.3) is 0 Å². The van der Waals surface area contributed by atoms with E-state index in [1.807, 2.05) is 30.3 Å². The smallest absolute Gasteiger partial charge is 0.324 e. The van der Waals surface area contributed by atoms with Gasteiger partial charge in [-0.05, 0) is 23.8 Å². The Labute approximate surface area is 124 Å². The maximum Gasteiger partial charge on any atom is 0.324 e. The van der Waals surface area contributed by atoms with E-state index in [9.17, 15) is 19.8 Å². The molecule has 0 heterocycles. The van der Waals surface area contributed by atoms with Gasteiger partial charge in [0.1, 0.15) is 5.54 Å². The Bertz CT molecular complexity index is 507. The zero-order chi connectivity index (χ0) is 16.3. The number of benzene rings is 1.